The standard InChI is InChI=1S/C25H29N5O3/c1-25(2,3)33-24(32)28-15-14-27-22(31)12-11-21-18-30(17-19-8-5-4-6-9-19)29-23(21)20-10-7-13-26-16-20/h4-13,16,18H,14-15,17H2,1-3H3,(H,27,31)(H,28,32)/b12-11+. The van der Waals surface area contributed by atoms with Gasteiger partial charge in [0.2, 0.25) is 5.91 Å². The number of nitrogens with zero attached hydrogens (tertiary/aromatic N) is 3. The van der Waals surface area contributed by atoms with Crippen molar-refractivity contribution in [1.82, 2.24) is 25.4 Å². The van der Waals surface area contributed by atoms with Gasteiger partial charge in [-0.3, -0.25) is 14.5 Å². The van der Waals surface area contributed by atoms with E-state index in [1.165, 1.54) is 6.08 Å². The van der Waals surface area contributed by atoms with Crippen LogP contribution in [0.2, 0.25) is 0 Å². The summed E-state index contributed by atoms with van der Waals surface area (Å²) in [6.07, 6.45) is 8.03. The van der Waals surface area contributed by atoms with Gasteiger partial charge in [-0.05, 0) is 44.5 Å². The van der Waals surface area contributed by atoms with E-state index in [1.54, 1.807) is 39.2 Å². The van der Waals surface area contributed by atoms with Gasteiger partial charge in [-0.25, -0.2) is 4.79 Å². The first-order valence-electron chi connectivity index (χ1n) is 10.7. The normalized spacial score (nSPS) is 11.4. The SMILES string of the molecule is CC(C)(C)OC(=O)NCCNC(=O)/C=C/c1cn(Cc2ccccc2)nc1-c1cccnc1. The molecule has 1 aromatic carbocycles. The molecule has 0 bridgehead atoms. The summed E-state index contributed by atoms with van der Waals surface area (Å²) in [6.45, 7) is 6.54. The maximum atomic E-state index is 12.3. The zero-order valence-corrected chi connectivity index (χ0v) is 19.1. The summed E-state index contributed by atoms with van der Waals surface area (Å²) in [4.78, 5) is 28.1. The molecule has 2 aromatic heterocycles. The highest BCUT2D eigenvalue weighted by atomic mass is 16.6. The van der Waals surface area contributed by atoms with Gasteiger partial charge in [-0.2, -0.15) is 5.10 Å². The van der Waals surface area contributed by atoms with Gasteiger partial charge in [0.25, 0.3) is 0 Å². The van der Waals surface area contributed by atoms with Crippen LogP contribution in [0.25, 0.3) is 17.3 Å². The van der Waals surface area contributed by atoms with Crippen molar-refractivity contribution < 1.29 is 14.3 Å². The van der Waals surface area contributed by atoms with Crippen molar-refractivity contribution in [3.8, 4) is 11.3 Å². The number of carbonyl (C=O) groups is 2. The van der Waals surface area contributed by atoms with Gasteiger partial charge in [0.1, 0.15) is 11.3 Å². The van der Waals surface area contributed by atoms with Crippen molar-refractivity contribution in [2.24, 2.45) is 0 Å². The van der Waals surface area contributed by atoms with Crippen LogP contribution in [0, 0.1) is 0 Å². The van der Waals surface area contributed by atoms with E-state index in [9.17, 15) is 9.59 Å². The number of pyridine rings is 1. The average Bonchev–Trinajstić information content (AvgIpc) is 3.18. The third kappa shape index (κ3) is 7.92. The van der Waals surface area contributed by atoms with E-state index in [2.05, 4.69) is 15.6 Å². The van der Waals surface area contributed by atoms with Crippen molar-refractivity contribution >= 4 is 18.1 Å². The van der Waals surface area contributed by atoms with E-state index >= 15 is 0 Å². The van der Waals surface area contributed by atoms with Crippen LogP contribution in [0.15, 0.2) is 67.1 Å². The summed E-state index contributed by atoms with van der Waals surface area (Å²) in [5.74, 6) is -0.270. The lowest BCUT2D eigenvalue weighted by Crippen LogP contribution is -2.37. The van der Waals surface area contributed by atoms with Gasteiger partial charge < -0.3 is 15.4 Å². The molecule has 33 heavy (non-hydrogen) atoms. The topological polar surface area (TPSA) is 98.1 Å². The van der Waals surface area contributed by atoms with Gasteiger partial charge >= 0.3 is 6.09 Å². The predicted molar refractivity (Wildman–Crippen MR) is 127 cm³/mol. The molecule has 0 saturated heterocycles. The maximum Gasteiger partial charge on any atom is 0.407 e. The van der Waals surface area contributed by atoms with Crippen LogP contribution in [0.3, 0.4) is 0 Å². The molecule has 3 aromatic rings. The minimum absolute atomic E-state index is 0.268. The Bertz CT molecular complexity index is 1090. The van der Waals surface area contributed by atoms with E-state index in [0.29, 0.717) is 6.54 Å². The summed E-state index contributed by atoms with van der Waals surface area (Å²) in [5, 5.41) is 10.1. The van der Waals surface area contributed by atoms with Crippen molar-refractivity contribution in [3.63, 3.8) is 0 Å². The Morgan fingerprint density at radius 3 is 2.52 bits per heavy atom. The molecule has 172 valence electrons. The monoisotopic (exact) mass is 447 g/mol. The van der Waals surface area contributed by atoms with Crippen LogP contribution in [0.5, 0.6) is 0 Å². The smallest absolute Gasteiger partial charge is 0.407 e. The first-order valence-corrected chi connectivity index (χ1v) is 10.7. The van der Waals surface area contributed by atoms with Gasteiger partial charge in [-0.15, -0.1) is 0 Å². The summed E-state index contributed by atoms with van der Waals surface area (Å²) in [6, 6.07) is 13.8. The number of hydrogen-bond acceptors (Lipinski definition) is 5. The Kier molecular flexibility index (Phi) is 7.96. The van der Waals surface area contributed by atoms with E-state index < -0.39 is 11.7 Å². The van der Waals surface area contributed by atoms with Crippen LogP contribution in [-0.2, 0) is 16.1 Å². The third-order valence-corrected chi connectivity index (χ3v) is 4.42. The Balaban J connectivity index is 1.62. The zero-order valence-electron chi connectivity index (χ0n) is 19.1. The second-order valence-electron chi connectivity index (χ2n) is 8.41. The fourth-order valence-electron chi connectivity index (χ4n) is 3.03. The van der Waals surface area contributed by atoms with Crippen molar-refractivity contribution in [2.45, 2.75) is 32.9 Å². The molecular formula is C25H29N5O3. The second kappa shape index (κ2) is 11.1. The zero-order chi connectivity index (χ0) is 23.7. The quantitative estimate of drug-likeness (QED) is 0.406. The number of benzene rings is 1. The van der Waals surface area contributed by atoms with Gasteiger partial charge in [0.15, 0.2) is 0 Å². The Morgan fingerprint density at radius 1 is 1.06 bits per heavy atom. The number of hydrogen-bond donors (Lipinski definition) is 2. The lowest BCUT2D eigenvalue weighted by atomic mass is 10.1. The van der Waals surface area contributed by atoms with Gasteiger partial charge in [0, 0.05) is 48.9 Å². The number of aromatic nitrogens is 3. The molecule has 2 amide bonds. The molecule has 8 nitrogen and oxygen atoms in total. The van der Waals surface area contributed by atoms with Crippen molar-refractivity contribution in [1.29, 1.82) is 0 Å². The van der Waals surface area contributed by atoms with Crippen LogP contribution < -0.4 is 10.6 Å². The molecular weight excluding hydrogens is 418 g/mol. The molecule has 0 fully saturated rings. The minimum Gasteiger partial charge on any atom is -0.444 e. The largest absolute Gasteiger partial charge is 0.444 e. The lowest BCUT2D eigenvalue weighted by Gasteiger charge is -2.19. The third-order valence-electron chi connectivity index (χ3n) is 4.42. The Hall–Kier alpha value is -3.94. The maximum absolute atomic E-state index is 12.3. The number of rotatable bonds is 8. The molecule has 8 heteroatoms. The summed E-state index contributed by atoms with van der Waals surface area (Å²) < 4.78 is 7.01. The number of alkyl carbamates (subject to hydrolysis) is 1. The Labute approximate surface area is 193 Å². The van der Waals surface area contributed by atoms with Crippen LogP contribution in [0.1, 0.15) is 31.9 Å². The van der Waals surface area contributed by atoms with Crippen LogP contribution in [-0.4, -0.2) is 45.5 Å². The highest BCUT2D eigenvalue weighted by Gasteiger charge is 2.15. The van der Waals surface area contributed by atoms with E-state index in [1.807, 2.05) is 53.3 Å². The second-order valence-corrected chi connectivity index (χ2v) is 8.41. The molecule has 2 N–H and O–H groups in total. The molecule has 0 spiro atoms. The highest BCUT2D eigenvalue weighted by Crippen LogP contribution is 2.23. The van der Waals surface area contributed by atoms with E-state index in [4.69, 9.17) is 9.84 Å². The molecule has 0 unspecified atom stereocenters. The molecule has 0 aliphatic carbocycles. The summed E-state index contributed by atoms with van der Waals surface area (Å²) in [7, 11) is 0. The van der Waals surface area contributed by atoms with Crippen molar-refractivity contribution in [2.75, 3.05) is 13.1 Å². The molecule has 0 radical (unpaired) electrons. The predicted octanol–water partition coefficient (Wildman–Crippen LogP) is 3.65. The van der Waals surface area contributed by atoms with Crippen molar-refractivity contribution in [3.05, 3.63) is 78.3 Å². The molecule has 2 heterocycles. The molecule has 0 atom stereocenters. The molecule has 0 saturated carbocycles. The lowest BCUT2D eigenvalue weighted by molar-refractivity contribution is -0.116. The molecule has 0 aliphatic rings. The van der Waals surface area contributed by atoms with E-state index in [0.717, 1.165) is 22.4 Å². The average molecular weight is 448 g/mol. The summed E-state index contributed by atoms with van der Waals surface area (Å²) >= 11 is 0. The first kappa shape index (κ1) is 23.7. The first-order chi connectivity index (χ1) is 15.8. The Morgan fingerprint density at radius 2 is 1.82 bits per heavy atom. The summed E-state index contributed by atoms with van der Waals surface area (Å²) in [5.41, 5.74) is 2.98. The van der Waals surface area contributed by atoms with Gasteiger partial charge in [0.05, 0.1) is 6.54 Å². The number of ether oxygens (including phenoxy) is 1. The minimum atomic E-state index is -0.562. The number of amides is 2. The van der Waals surface area contributed by atoms with Gasteiger partial charge in [-0.1, -0.05) is 30.3 Å². The highest BCUT2D eigenvalue weighted by molar-refractivity contribution is 5.92. The fourth-order valence-corrected chi connectivity index (χ4v) is 3.03. The number of carbonyl (C=O) groups excluding carboxylic acids is 2. The molecule has 3 rings (SSSR count). The fraction of sp³-hybridized carbons (Fsp3) is 0.280. The van der Waals surface area contributed by atoms with E-state index in [-0.39, 0.29) is 19.0 Å². The van der Waals surface area contributed by atoms with Crippen LogP contribution >= 0.6 is 0 Å². The van der Waals surface area contributed by atoms with Crippen LogP contribution in [0.4, 0.5) is 4.79 Å². The molecule has 0 aliphatic heterocycles. The number of nitrogens with one attached hydrogen (secondary N) is 2.